The zero-order chi connectivity index (χ0) is 10.7. The van der Waals surface area contributed by atoms with Gasteiger partial charge in [-0.05, 0) is 0 Å². The molecule has 0 saturated heterocycles. The van der Waals surface area contributed by atoms with Gasteiger partial charge in [-0.3, -0.25) is 0 Å². The standard InChI is InChI=1S/C9H9ClN4O/c1-15-8-4-13-14(5-8)9-7(2-10)3-11-6-12-9/h3-6H,2H2,1H3. The van der Waals surface area contributed by atoms with Crippen LogP contribution in [0.5, 0.6) is 5.75 Å². The number of hydrogen-bond donors (Lipinski definition) is 0. The molecule has 0 amide bonds. The zero-order valence-corrected chi connectivity index (χ0v) is 8.85. The fourth-order valence-corrected chi connectivity index (χ4v) is 1.37. The summed E-state index contributed by atoms with van der Waals surface area (Å²) in [6.45, 7) is 0. The second-order valence-electron chi connectivity index (χ2n) is 2.83. The van der Waals surface area contributed by atoms with Gasteiger partial charge in [0.05, 0.1) is 25.4 Å². The van der Waals surface area contributed by atoms with Crippen molar-refractivity contribution in [2.75, 3.05) is 7.11 Å². The van der Waals surface area contributed by atoms with Gasteiger partial charge in [0.25, 0.3) is 0 Å². The van der Waals surface area contributed by atoms with Crippen molar-refractivity contribution in [1.82, 2.24) is 19.7 Å². The highest BCUT2D eigenvalue weighted by Crippen LogP contribution is 2.15. The van der Waals surface area contributed by atoms with E-state index >= 15 is 0 Å². The highest BCUT2D eigenvalue weighted by Gasteiger charge is 2.07. The smallest absolute Gasteiger partial charge is 0.161 e. The van der Waals surface area contributed by atoms with Gasteiger partial charge in [0.2, 0.25) is 0 Å². The van der Waals surface area contributed by atoms with E-state index in [1.807, 2.05) is 0 Å². The molecule has 0 aliphatic heterocycles. The van der Waals surface area contributed by atoms with Crippen LogP contribution < -0.4 is 4.74 Å². The van der Waals surface area contributed by atoms with E-state index in [0.29, 0.717) is 17.4 Å². The third-order valence-electron chi connectivity index (χ3n) is 1.92. The van der Waals surface area contributed by atoms with Crippen molar-refractivity contribution in [1.29, 1.82) is 0 Å². The topological polar surface area (TPSA) is 52.8 Å². The van der Waals surface area contributed by atoms with Gasteiger partial charge in [-0.15, -0.1) is 11.6 Å². The Kier molecular flexibility index (Phi) is 2.82. The Bertz CT molecular complexity index is 457. The van der Waals surface area contributed by atoms with Crippen molar-refractivity contribution in [2.24, 2.45) is 0 Å². The lowest BCUT2D eigenvalue weighted by Gasteiger charge is -2.03. The SMILES string of the molecule is COc1cnn(-c2ncncc2CCl)c1. The molecule has 2 rings (SSSR count). The predicted molar refractivity (Wildman–Crippen MR) is 55.3 cm³/mol. The van der Waals surface area contributed by atoms with Crippen LogP contribution in [0.1, 0.15) is 5.56 Å². The Morgan fingerprint density at radius 1 is 1.47 bits per heavy atom. The minimum atomic E-state index is 0.346. The Labute approximate surface area is 91.7 Å². The molecule has 0 fully saturated rings. The molecule has 0 atom stereocenters. The van der Waals surface area contributed by atoms with E-state index in [4.69, 9.17) is 16.3 Å². The van der Waals surface area contributed by atoms with Gasteiger partial charge in [0.1, 0.15) is 6.33 Å². The normalized spacial score (nSPS) is 10.3. The molecule has 2 aromatic rings. The van der Waals surface area contributed by atoms with Crippen LogP contribution in [0.3, 0.4) is 0 Å². The Morgan fingerprint density at radius 2 is 2.33 bits per heavy atom. The van der Waals surface area contributed by atoms with E-state index in [0.717, 1.165) is 5.56 Å². The largest absolute Gasteiger partial charge is 0.493 e. The van der Waals surface area contributed by atoms with E-state index in [1.54, 1.807) is 30.4 Å². The van der Waals surface area contributed by atoms with Gasteiger partial charge in [-0.1, -0.05) is 0 Å². The molecule has 0 N–H and O–H groups in total. The molecule has 0 aliphatic rings. The van der Waals surface area contributed by atoms with Crippen molar-refractivity contribution in [3.05, 3.63) is 30.5 Å². The van der Waals surface area contributed by atoms with E-state index in [-0.39, 0.29) is 0 Å². The number of nitrogens with zero attached hydrogens (tertiary/aromatic N) is 4. The lowest BCUT2D eigenvalue weighted by molar-refractivity contribution is 0.414. The summed E-state index contributed by atoms with van der Waals surface area (Å²) in [5.74, 6) is 1.69. The first-order valence-corrected chi connectivity index (χ1v) is 4.82. The lowest BCUT2D eigenvalue weighted by atomic mass is 10.3. The molecule has 0 aliphatic carbocycles. The summed E-state index contributed by atoms with van der Waals surface area (Å²) in [7, 11) is 1.59. The molecule has 0 bridgehead atoms. The van der Waals surface area contributed by atoms with Crippen LogP contribution in [0.15, 0.2) is 24.9 Å². The van der Waals surface area contributed by atoms with Crippen molar-refractivity contribution in [3.8, 4) is 11.6 Å². The predicted octanol–water partition coefficient (Wildman–Crippen LogP) is 1.41. The van der Waals surface area contributed by atoms with Gasteiger partial charge in [0, 0.05) is 11.8 Å². The molecule has 0 unspecified atom stereocenters. The lowest BCUT2D eigenvalue weighted by Crippen LogP contribution is -2.02. The molecule has 0 radical (unpaired) electrons. The first kappa shape index (κ1) is 9.92. The van der Waals surface area contributed by atoms with Crippen molar-refractivity contribution in [3.63, 3.8) is 0 Å². The first-order valence-electron chi connectivity index (χ1n) is 4.29. The maximum absolute atomic E-state index is 5.77. The molecule has 0 spiro atoms. The quantitative estimate of drug-likeness (QED) is 0.740. The minimum absolute atomic E-state index is 0.346. The molecule has 78 valence electrons. The van der Waals surface area contributed by atoms with E-state index in [2.05, 4.69) is 15.1 Å². The summed E-state index contributed by atoms with van der Waals surface area (Å²) in [6.07, 6.45) is 6.47. The maximum Gasteiger partial charge on any atom is 0.161 e. The monoisotopic (exact) mass is 224 g/mol. The van der Waals surface area contributed by atoms with Crippen molar-refractivity contribution in [2.45, 2.75) is 5.88 Å². The van der Waals surface area contributed by atoms with Crippen LogP contribution in [-0.4, -0.2) is 26.9 Å². The third kappa shape index (κ3) is 1.92. The number of aromatic nitrogens is 4. The highest BCUT2D eigenvalue weighted by atomic mass is 35.5. The Morgan fingerprint density at radius 3 is 3.00 bits per heavy atom. The van der Waals surface area contributed by atoms with Crippen molar-refractivity contribution >= 4 is 11.6 Å². The van der Waals surface area contributed by atoms with Gasteiger partial charge < -0.3 is 4.74 Å². The summed E-state index contributed by atoms with van der Waals surface area (Å²) in [5.41, 5.74) is 0.824. The van der Waals surface area contributed by atoms with Gasteiger partial charge >= 0.3 is 0 Å². The van der Waals surface area contributed by atoms with Gasteiger partial charge in [-0.25, -0.2) is 14.6 Å². The Hall–Kier alpha value is -1.62. The van der Waals surface area contributed by atoms with Gasteiger partial charge in [-0.2, -0.15) is 5.10 Å². The van der Waals surface area contributed by atoms with E-state index in [1.165, 1.54) is 6.33 Å². The summed E-state index contributed by atoms with van der Waals surface area (Å²) < 4.78 is 6.64. The minimum Gasteiger partial charge on any atom is -0.493 e. The molecule has 0 saturated carbocycles. The molecule has 15 heavy (non-hydrogen) atoms. The van der Waals surface area contributed by atoms with Gasteiger partial charge in [0.15, 0.2) is 11.6 Å². The molecular formula is C9H9ClN4O. The molecule has 2 aromatic heterocycles. The average Bonchev–Trinajstić information content (AvgIpc) is 2.77. The number of alkyl halides is 1. The van der Waals surface area contributed by atoms with Crippen LogP contribution in [0, 0.1) is 0 Å². The third-order valence-corrected chi connectivity index (χ3v) is 2.21. The maximum atomic E-state index is 5.77. The van der Waals surface area contributed by atoms with Crippen molar-refractivity contribution < 1.29 is 4.74 Å². The molecule has 6 heteroatoms. The summed E-state index contributed by atoms with van der Waals surface area (Å²) in [4.78, 5) is 8.02. The molecule has 2 heterocycles. The van der Waals surface area contributed by atoms with Crippen LogP contribution in [0.2, 0.25) is 0 Å². The van der Waals surface area contributed by atoms with Crippen LogP contribution >= 0.6 is 11.6 Å². The molecule has 0 aromatic carbocycles. The fraction of sp³-hybridized carbons (Fsp3) is 0.222. The molecular weight excluding hydrogens is 216 g/mol. The number of ether oxygens (including phenoxy) is 1. The number of halogens is 1. The number of methoxy groups -OCH3 is 1. The summed E-state index contributed by atoms with van der Waals surface area (Å²) in [6, 6.07) is 0. The van der Waals surface area contributed by atoms with E-state index < -0.39 is 0 Å². The molecule has 5 nitrogen and oxygen atoms in total. The summed E-state index contributed by atoms with van der Waals surface area (Å²) >= 11 is 5.77. The second-order valence-corrected chi connectivity index (χ2v) is 3.10. The summed E-state index contributed by atoms with van der Waals surface area (Å²) in [5, 5.41) is 4.11. The van der Waals surface area contributed by atoms with E-state index in [9.17, 15) is 0 Å². The van der Waals surface area contributed by atoms with Crippen LogP contribution in [-0.2, 0) is 5.88 Å². The zero-order valence-electron chi connectivity index (χ0n) is 8.09. The van der Waals surface area contributed by atoms with Crippen LogP contribution in [0.25, 0.3) is 5.82 Å². The fourth-order valence-electron chi connectivity index (χ4n) is 1.18. The highest BCUT2D eigenvalue weighted by molar-refractivity contribution is 6.17. The second kappa shape index (κ2) is 4.27. The first-order chi connectivity index (χ1) is 7.35. The Balaban J connectivity index is 2.44. The van der Waals surface area contributed by atoms with Crippen LogP contribution in [0.4, 0.5) is 0 Å². The number of rotatable bonds is 3. The average molecular weight is 225 g/mol. The number of hydrogen-bond acceptors (Lipinski definition) is 4.